The van der Waals surface area contributed by atoms with Crippen LogP contribution < -0.4 is 10.1 Å². The highest BCUT2D eigenvalue weighted by atomic mass is 32.2. The molecule has 0 aliphatic heterocycles. The van der Waals surface area contributed by atoms with Crippen LogP contribution in [0.15, 0.2) is 41.6 Å². The van der Waals surface area contributed by atoms with Crippen molar-refractivity contribution in [2.24, 2.45) is 0 Å². The molecule has 0 bridgehead atoms. The Hall–Kier alpha value is -2.22. The second-order valence-electron chi connectivity index (χ2n) is 3.79. The van der Waals surface area contributed by atoms with E-state index in [2.05, 4.69) is 15.3 Å². The Morgan fingerprint density at radius 3 is 2.57 bits per heavy atom. The number of hydrogen-bond donors (Lipinski definition) is 1. The molecule has 110 valence electrons. The number of hydrogen-bond acceptors (Lipinski definition) is 5. The summed E-state index contributed by atoms with van der Waals surface area (Å²) in [5, 5.41) is 2.55. The molecule has 0 saturated carbocycles. The summed E-state index contributed by atoms with van der Waals surface area (Å²) < 4.78 is 29.7. The number of nitrogens with zero attached hydrogens (tertiary/aromatic N) is 2. The second-order valence-corrected chi connectivity index (χ2v) is 4.82. The maximum atomic E-state index is 12.5. The SMILES string of the molecule is COc1ncc(NC(=O)c2ccccc2SC(F)F)cn1. The lowest BCUT2D eigenvalue weighted by Crippen LogP contribution is -2.13. The molecule has 1 amide bonds. The van der Waals surface area contributed by atoms with Crippen LogP contribution >= 0.6 is 11.8 Å². The molecule has 0 fully saturated rings. The van der Waals surface area contributed by atoms with Crippen LogP contribution in [0.1, 0.15) is 10.4 Å². The summed E-state index contributed by atoms with van der Waals surface area (Å²) in [5.74, 6) is -3.10. The molecule has 0 spiro atoms. The van der Waals surface area contributed by atoms with Gasteiger partial charge < -0.3 is 10.1 Å². The molecule has 21 heavy (non-hydrogen) atoms. The number of methoxy groups -OCH3 is 1. The van der Waals surface area contributed by atoms with Gasteiger partial charge in [-0.05, 0) is 12.1 Å². The fourth-order valence-corrected chi connectivity index (χ4v) is 2.17. The first kappa shape index (κ1) is 15.2. The third-order valence-corrected chi connectivity index (χ3v) is 3.20. The van der Waals surface area contributed by atoms with Gasteiger partial charge in [-0.1, -0.05) is 23.9 Å². The van der Waals surface area contributed by atoms with Crippen LogP contribution in [0.5, 0.6) is 6.01 Å². The number of carbonyl (C=O) groups is 1. The molecule has 1 aromatic carbocycles. The van der Waals surface area contributed by atoms with Crippen molar-refractivity contribution in [3.8, 4) is 6.01 Å². The molecule has 1 heterocycles. The Labute approximate surface area is 123 Å². The molecule has 2 aromatic rings. The van der Waals surface area contributed by atoms with Gasteiger partial charge >= 0.3 is 6.01 Å². The van der Waals surface area contributed by atoms with Crippen LogP contribution in [-0.4, -0.2) is 28.7 Å². The van der Waals surface area contributed by atoms with Gasteiger partial charge in [-0.25, -0.2) is 9.97 Å². The summed E-state index contributed by atoms with van der Waals surface area (Å²) in [6.07, 6.45) is 2.74. The molecule has 0 aliphatic rings. The van der Waals surface area contributed by atoms with Crippen LogP contribution in [0.2, 0.25) is 0 Å². The summed E-state index contributed by atoms with van der Waals surface area (Å²) >= 11 is 0.325. The number of carbonyl (C=O) groups excluding carboxylic acids is 1. The van der Waals surface area contributed by atoms with E-state index in [4.69, 9.17) is 4.74 Å². The van der Waals surface area contributed by atoms with Crippen LogP contribution in [-0.2, 0) is 0 Å². The molecule has 5 nitrogen and oxygen atoms in total. The first-order valence-corrected chi connectivity index (χ1v) is 6.69. The van der Waals surface area contributed by atoms with Crippen LogP contribution in [0, 0.1) is 0 Å². The monoisotopic (exact) mass is 311 g/mol. The Morgan fingerprint density at radius 1 is 1.29 bits per heavy atom. The quantitative estimate of drug-likeness (QED) is 0.860. The molecular formula is C13H11F2N3O2S. The van der Waals surface area contributed by atoms with Crippen LogP contribution in [0.25, 0.3) is 0 Å². The van der Waals surface area contributed by atoms with Gasteiger partial charge in [0.15, 0.2) is 0 Å². The number of nitrogens with one attached hydrogen (secondary N) is 1. The molecule has 0 saturated heterocycles. The Bertz CT molecular complexity index is 623. The predicted molar refractivity (Wildman–Crippen MR) is 74.8 cm³/mol. The summed E-state index contributed by atoms with van der Waals surface area (Å²) in [5.41, 5.74) is 0.510. The van der Waals surface area contributed by atoms with E-state index in [0.717, 1.165) is 0 Å². The van der Waals surface area contributed by atoms with Crippen molar-refractivity contribution in [1.82, 2.24) is 9.97 Å². The minimum Gasteiger partial charge on any atom is -0.467 e. The maximum Gasteiger partial charge on any atom is 0.316 e. The van der Waals surface area contributed by atoms with E-state index in [1.807, 2.05) is 0 Å². The van der Waals surface area contributed by atoms with E-state index in [0.29, 0.717) is 17.4 Å². The number of amides is 1. The second kappa shape index (κ2) is 6.98. The molecule has 2 rings (SSSR count). The van der Waals surface area contributed by atoms with E-state index in [1.54, 1.807) is 12.1 Å². The minimum atomic E-state index is -2.59. The normalized spacial score (nSPS) is 10.5. The van der Waals surface area contributed by atoms with E-state index >= 15 is 0 Å². The molecule has 0 radical (unpaired) electrons. The number of halogens is 2. The number of thioether (sulfide) groups is 1. The van der Waals surface area contributed by atoms with Gasteiger partial charge in [-0.15, -0.1) is 0 Å². The van der Waals surface area contributed by atoms with Crippen molar-refractivity contribution in [2.75, 3.05) is 12.4 Å². The summed E-state index contributed by atoms with van der Waals surface area (Å²) in [4.78, 5) is 20.0. The van der Waals surface area contributed by atoms with Crippen molar-refractivity contribution < 1.29 is 18.3 Å². The summed E-state index contributed by atoms with van der Waals surface area (Å²) in [6, 6.07) is 6.31. The van der Waals surface area contributed by atoms with Crippen molar-refractivity contribution in [2.45, 2.75) is 10.7 Å². The van der Waals surface area contributed by atoms with E-state index < -0.39 is 11.7 Å². The molecule has 0 unspecified atom stereocenters. The van der Waals surface area contributed by atoms with Crippen molar-refractivity contribution >= 4 is 23.4 Å². The van der Waals surface area contributed by atoms with Crippen LogP contribution in [0.4, 0.5) is 14.5 Å². The largest absolute Gasteiger partial charge is 0.467 e. The lowest BCUT2D eigenvalue weighted by molar-refractivity contribution is 0.102. The van der Waals surface area contributed by atoms with E-state index in [1.165, 1.54) is 31.6 Å². The van der Waals surface area contributed by atoms with Crippen molar-refractivity contribution in [1.29, 1.82) is 0 Å². The Kier molecular flexibility index (Phi) is 5.04. The molecule has 0 aliphatic carbocycles. The number of benzene rings is 1. The fraction of sp³-hybridized carbons (Fsp3) is 0.154. The zero-order chi connectivity index (χ0) is 15.2. The van der Waals surface area contributed by atoms with E-state index in [-0.39, 0.29) is 16.5 Å². The number of alkyl halides is 2. The van der Waals surface area contributed by atoms with Crippen LogP contribution in [0.3, 0.4) is 0 Å². The minimum absolute atomic E-state index is 0.165. The topological polar surface area (TPSA) is 64.1 Å². The third kappa shape index (κ3) is 4.12. The fourth-order valence-electron chi connectivity index (χ4n) is 1.54. The molecule has 0 atom stereocenters. The van der Waals surface area contributed by atoms with Gasteiger partial charge in [0.2, 0.25) is 0 Å². The van der Waals surface area contributed by atoms with Gasteiger partial charge in [0.05, 0.1) is 30.8 Å². The average molecular weight is 311 g/mol. The standard InChI is InChI=1S/C13H11F2N3O2S/c1-20-13-16-6-8(7-17-13)18-11(19)9-4-2-3-5-10(9)21-12(14)15/h2-7,12H,1H3,(H,18,19). The van der Waals surface area contributed by atoms with Gasteiger partial charge in [0.25, 0.3) is 11.7 Å². The highest BCUT2D eigenvalue weighted by Gasteiger charge is 2.15. The predicted octanol–water partition coefficient (Wildman–Crippen LogP) is 3.05. The number of aromatic nitrogens is 2. The number of ether oxygens (including phenoxy) is 1. The summed E-state index contributed by atoms with van der Waals surface area (Å²) in [7, 11) is 1.42. The number of anilines is 1. The zero-order valence-corrected chi connectivity index (χ0v) is 11.7. The Morgan fingerprint density at radius 2 is 1.95 bits per heavy atom. The average Bonchev–Trinajstić information content (AvgIpc) is 2.48. The van der Waals surface area contributed by atoms with Gasteiger partial charge in [0.1, 0.15) is 0 Å². The highest BCUT2D eigenvalue weighted by molar-refractivity contribution is 7.99. The molecule has 1 N–H and O–H groups in total. The molecule has 8 heteroatoms. The zero-order valence-electron chi connectivity index (χ0n) is 10.9. The smallest absolute Gasteiger partial charge is 0.316 e. The van der Waals surface area contributed by atoms with Gasteiger partial charge in [-0.3, -0.25) is 4.79 Å². The maximum absolute atomic E-state index is 12.5. The van der Waals surface area contributed by atoms with E-state index in [9.17, 15) is 13.6 Å². The summed E-state index contributed by atoms with van der Waals surface area (Å²) in [6.45, 7) is 0. The first-order valence-electron chi connectivity index (χ1n) is 5.81. The molecule has 1 aromatic heterocycles. The molecular weight excluding hydrogens is 300 g/mol. The Balaban J connectivity index is 2.16. The first-order chi connectivity index (χ1) is 10.1. The van der Waals surface area contributed by atoms with Crippen molar-refractivity contribution in [3.05, 3.63) is 42.2 Å². The highest BCUT2D eigenvalue weighted by Crippen LogP contribution is 2.28. The number of rotatable bonds is 5. The lowest BCUT2D eigenvalue weighted by Gasteiger charge is -2.09. The third-order valence-electron chi connectivity index (χ3n) is 2.42. The lowest BCUT2D eigenvalue weighted by atomic mass is 10.2. The van der Waals surface area contributed by atoms with Gasteiger partial charge in [-0.2, -0.15) is 8.78 Å². The van der Waals surface area contributed by atoms with Gasteiger partial charge in [0, 0.05) is 4.90 Å². The van der Waals surface area contributed by atoms with Crippen molar-refractivity contribution in [3.63, 3.8) is 0 Å².